The fourth-order valence-electron chi connectivity index (χ4n) is 3.18. The van der Waals surface area contributed by atoms with Crippen LogP contribution in [0.2, 0.25) is 0 Å². The molecule has 0 spiro atoms. The third kappa shape index (κ3) is 5.64. The van der Waals surface area contributed by atoms with Crippen LogP contribution in [0.3, 0.4) is 0 Å². The fraction of sp³-hybridized carbons (Fsp3) is 0.579. The molecule has 24 heavy (non-hydrogen) atoms. The number of carbonyl (C=O) groups is 2. The number of aliphatic carboxylic acids is 1. The summed E-state index contributed by atoms with van der Waals surface area (Å²) in [6.45, 7) is 4.18. The summed E-state index contributed by atoms with van der Waals surface area (Å²) in [6, 6.07) is 6.89. The minimum atomic E-state index is -0.868. The fourth-order valence-corrected chi connectivity index (χ4v) is 3.18. The average molecular weight is 333 g/mol. The number of rotatable bonds is 7. The molecule has 1 aromatic carbocycles. The van der Waals surface area contributed by atoms with Gasteiger partial charge in [0.15, 0.2) is 0 Å². The Balaban J connectivity index is 1.90. The van der Waals surface area contributed by atoms with E-state index in [1.807, 2.05) is 6.92 Å². The summed E-state index contributed by atoms with van der Waals surface area (Å²) in [4.78, 5) is 23.1. The predicted octanol–water partition coefficient (Wildman–Crippen LogP) is 3.63. The monoisotopic (exact) mass is 333 g/mol. The highest BCUT2D eigenvalue weighted by Crippen LogP contribution is 2.27. The highest BCUT2D eigenvalue weighted by Gasteiger charge is 2.25. The number of ether oxygens (including phenoxy) is 1. The number of hydrogen-bond acceptors (Lipinski definition) is 3. The zero-order chi connectivity index (χ0) is 17.5. The standard InChI is InChI=1S/C19H27NO4/c1-3-17(24-16-6-4-5-13(2)11-16)19(23)20-15-9-7-14(8-10-15)12-18(21)22/h7-10,13,16-17H,3-6,11-12H2,1-2H3,(H,20,23)(H,21,22). The van der Waals surface area contributed by atoms with Crippen molar-refractivity contribution in [1.82, 2.24) is 0 Å². The predicted molar refractivity (Wildman–Crippen MR) is 93.0 cm³/mol. The Kier molecular flexibility index (Phi) is 6.79. The first kappa shape index (κ1) is 18.5. The molecule has 3 unspecified atom stereocenters. The molecule has 0 bridgehead atoms. The maximum absolute atomic E-state index is 12.4. The van der Waals surface area contributed by atoms with Crippen LogP contribution in [0.15, 0.2) is 24.3 Å². The molecule has 1 aliphatic rings. The van der Waals surface area contributed by atoms with E-state index in [1.54, 1.807) is 24.3 Å². The second-order valence-electron chi connectivity index (χ2n) is 6.68. The number of carbonyl (C=O) groups excluding carboxylic acids is 1. The highest BCUT2D eigenvalue weighted by molar-refractivity contribution is 5.94. The molecule has 0 aliphatic heterocycles. The van der Waals surface area contributed by atoms with Crippen molar-refractivity contribution in [2.75, 3.05) is 5.32 Å². The molecule has 1 saturated carbocycles. The van der Waals surface area contributed by atoms with Crippen molar-refractivity contribution in [3.63, 3.8) is 0 Å². The molecule has 0 aromatic heterocycles. The van der Waals surface area contributed by atoms with Crippen molar-refractivity contribution in [1.29, 1.82) is 0 Å². The summed E-state index contributed by atoms with van der Waals surface area (Å²) in [6.07, 6.45) is 4.79. The number of amides is 1. The van der Waals surface area contributed by atoms with Crippen molar-refractivity contribution >= 4 is 17.6 Å². The molecule has 2 N–H and O–H groups in total. The quantitative estimate of drug-likeness (QED) is 0.799. The second kappa shape index (κ2) is 8.83. The zero-order valence-electron chi connectivity index (χ0n) is 14.5. The van der Waals surface area contributed by atoms with Crippen molar-refractivity contribution in [2.24, 2.45) is 5.92 Å². The van der Waals surface area contributed by atoms with Crippen LogP contribution in [0, 0.1) is 5.92 Å². The van der Waals surface area contributed by atoms with Gasteiger partial charge in [0.1, 0.15) is 6.10 Å². The van der Waals surface area contributed by atoms with Gasteiger partial charge in [-0.25, -0.2) is 0 Å². The topological polar surface area (TPSA) is 75.6 Å². The van der Waals surface area contributed by atoms with E-state index in [0.717, 1.165) is 19.3 Å². The van der Waals surface area contributed by atoms with Gasteiger partial charge in [-0.3, -0.25) is 9.59 Å². The first-order valence-electron chi connectivity index (χ1n) is 8.75. The SMILES string of the molecule is CCC(OC1CCCC(C)C1)C(=O)Nc1ccc(CC(=O)O)cc1. The first-order valence-corrected chi connectivity index (χ1v) is 8.75. The first-order chi connectivity index (χ1) is 11.5. The van der Waals surface area contributed by atoms with Gasteiger partial charge in [0.25, 0.3) is 5.91 Å². The van der Waals surface area contributed by atoms with E-state index in [-0.39, 0.29) is 18.4 Å². The molecule has 3 atom stereocenters. The summed E-state index contributed by atoms with van der Waals surface area (Å²) in [7, 11) is 0. The van der Waals surface area contributed by atoms with E-state index in [2.05, 4.69) is 12.2 Å². The zero-order valence-corrected chi connectivity index (χ0v) is 14.5. The molecule has 1 fully saturated rings. The largest absolute Gasteiger partial charge is 0.481 e. The Labute approximate surface area is 143 Å². The third-order valence-corrected chi connectivity index (χ3v) is 4.49. The number of carboxylic acids is 1. The lowest BCUT2D eigenvalue weighted by Gasteiger charge is -2.29. The van der Waals surface area contributed by atoms with Gasteiger partial charge in [-0.05, 0) is 42.9 Å². The number of hydrogen-bond donors (Lipinski definition) is 2. The third-order valence-electron chi connectivity index (χ3n) is 4.49. The minimum Gasteiger partial charge on any atom is -0.481 e. The Hall–Kier alpha value is -1.88. The van der Waals surface area contributed by atoms with Gasteiger partial charge < -0.3 is 15.2 Å². The lowest BCUT2D eigenvalue weighted by molar-refractivity contribution is -0.136. The van der Waals surface area contributed by atoms with E-state index < -0.39 is 12.1 Å². The van der Waals surface area contributed by atoms with Crippen LogP contribution in [0.5, 0.6) is 0 Å². The lowest BCUT2D eigenvalue weighted by Crippen LogP contribution is -2.35. The van der Waals surface area contributed by atoms with E-state index in [4.69, 9.17) is 9.84 Å². The number of benzene rings is 1. The molecule has 1 amide bonds. The average Bonchev–Trinajstić information content (AvgIpc) is 2.54. The van der Waals surface area contributed by atoms with Crippen LogP contribution in [0.1, 0.15) is 51.5 Å². The van der Waals surface area contributed by atoms with Crippen molar-refractivity contribution in [3.05, 3.63) is 29.8 Å². The minimum absolute atomic E-state index is 0.0191. The Morgan fingerprint density at radius 2 is 2.00 bits per heavy atom. The van der Waals surface area contributed by atoms with Gasteiger partial charge in [0, 0.05) is 5.69 Å². The molecule has 5 heteroatoms. The molecule has 0 heterocycles. The van der Waals surface area contributed by atoms with E-state index >= 15 is 0 Å². The smallest absolute Gasteiger partial charge is 0.307 e. The second-order valence-corrected chi connectivity index (χ2v) is 6.68. The summed E-state index contributed by atoms with van der Waals surface area (Å²) in [5.41, 5.74) is 1.37. The Bertz CT molecular complexity index is 555. The molecular formula is C19H27NO4. The van der Waals surface area contributed by atoms with Crippen LogP contribution in [0.25, 0.3) is 0 Å². The number of nitrogens with one attached hydrogen (secondary N) is 1. The summed E-state index contributed by atoms with van der Waals surface area (Å²) in [5.74, 6) is -0.347. The van der Waals surface area contributed by atoms with Crippen molar-refractivity contribution in [2.45, 2.75) is 64.6 Å². The Morgan fingerprint density at radius 3 is 2.58 bits per heavy atom. The van der Waals surface area contributed by atoms with Crippen LogP contribution in [-0.4, -0.2) is 29.2 Å². The van der Waals surface area contributed by atoms with Gasteiger partial charge in [-0.2, -0.15) is 0 Å². The molecular weight excluding hydrogens is 306 g/mol. The van der Waals surface area contributed by atoms with Crippen LogP contribution in [0.4, 0.5) is 5.69 Å². The van der Waals surface area contributed by atoms with Gasteiger partial charge in [0.05, 0.1) is 12.5 Å². The number of carboxylic acid groups (broad SMARTS) is 1. The lowest BCUT2D eigenvalue weighted by atomic mass is 9.88. The summed E-state index contributed by atoms with van der Waals surface area (Å²) < 4.78 is 6.03. The van der Waals surface area contributed by atoms with E-state index in [9.17, 15) is 9.59 Å². The molecule has 5 nitrogen and oxygen atoms in total. The summed E-state index contributed by atoms with van der Waals surface area (Å²) >= 11 is 0. The summed E-state index contributed by atoms with van der Waals surface area (Å²) in [5, 5.41) is 11.6. The van der Waals surface area contributed by atoms with Gasteiger partial charge in [-0.1, -0.05) is 38.8 Å². The van der Waals surface area contributed by atoms with E-state index in [1.165, 1.54) is 6.42 Å². The number of anilines is 1. The van der Waals surface area contributed by atoms with Crippen molar-refractivity contribution < 1.29 is 19.4 Å². The molecule has 0 radical (unpaired) electrons. The van der Waals surface area contributed by atoms with Gasteiger partial charge >= 0.3 is 5.97 Å². The molecule has 0 saturated heterocycles. The van der Waals surface area contributed by atoms with Crippen LogP contribution >= 0.6 is 0 Å². The Morgan fingerprint density at radius 1 is 1.29 bits per heavy atom. The van der Waals surface area contributed by atoms with Crippen LogP contribution in [-0.2, 0) is 20.7 Å². The molecule has 1 aromatic rings. The highest BCUT2D eigenvalue weighted by atomic mass is 16.5. The maximum Gasteiger partial charge on any atom is 0.307 e. The van der Waals surface area contributed by atoms with Crippen LogP contribution < -0.4 is 5.32 Å². The molecule has 2 rings (SSSR count). The van der Waals surface area contributed by atoms with E-state index in [0.29, 0.717) is 23.6 Å². The van der Waals surface area contributed by atoms with Crippen molar-refractivity contribution in [3.8, 4) is 0 Å². The van der Waals surface area contributed by atoms with Gasteiger partial charge in [0.2, 0.25) is 0 Å². The normalized spacial score (nSPS) is 21.9. The van der Waals surface area contributed by atoms with Gasteiger partial charge in [-0.15, -0.1) is 0 Å². The molecule has 1 aliphatic carbocycles. The maximum atomic E-state index is 12.4. The molecule has 132 valence electrons.